The van der Waals surface area contributed by atoms with Crippen molar-refractivity contribution < 1.29 is 19.1 Å². The summed E-state index contributed by atoms with van der Waals surface area (Å²) in [5.74, 6) is -1.30. The summed E-state index contributed by atoms with van der Waals surface area (Å²) in [6.07, 6.45) is 0. The van der Waals surface area contributed by atoms with Crippen molar-refractivity contribution in [3.8, 4) is 0 Å². The number of aryl methyl sites for hydroxylation is 3. The van der Waals surface area contributed by atoms with Crippen molar-refractivity contribution in [2.45, 2.75) is 27.3 Å². The van der Waals surface area contributed by atoms with E-state index < -0.39 is 5.97 Å². The van der Waals surface area contributed by atoms with Gasteiger partial charge in [-0.1, -0.05) is 0 Å². The molecule has 1 amide bonds. The molecule has 8 heteroatoms. The molecule has 0 saturated heterocycles. The predicted octanol–water partition coefficient (Wildman–Crippen LogP) is 1.88. The zero-order valence-electron chi connectivity index (χ0n) is 13.5. The second-order valence-electron chi connectivity index (χ2n) is 5.49. The van der Waals surface area contributed by atoms with Gasteiger partial charge in [0.05, 0.1) is 12.2 Å². The van der Waals surface area contributed by atoms with Gasteiger partial charge < -0.3 is 14.8 Å². The quantitative estimate of drug-likeness (QED) is 0.756. The Morgan fingerprint density at radius 1 is 1.29 bits per heavy atom. The molecule has 24 heavy (non-hydrogen) atoms. The third-order valence-electron chi connectivity index (χ3n) is 3.59. The third-order valence-corrected chi connectivity index (χ3v) is 3.59. The van der Waals surface area contributed by atoms with Crippen molar-refractivity contribution >= 4 is 17.5 Å². The molecule has 3 aromatic rings. The van der Waals surface area contributed by atoms with Crippen LogP contribution in [0.1, 0.15) is 43.8 Å². The summed E-state index contributed by atoms with van der Waals surface area (Å²) in [7, 11) is 0. The Morgan fingerprint density at radius 3 is 2.71 bits per heavy atom. The number of furan rings is 1. The highest BCUT2D eigenvalue weighted by molar-refractivity contribution is 6.01. The zero-order chi connectivity index (χ0) is 17.4. The van der Waals surface area contributed by atoms with Gasteiger partial charge in [0.1, 0.15) is 11.3 Å². The molecule has 0 aliphatic carbocycles. The number of nitrogens with one attached hydrogen (secondary N) is 1. The molecule has 0 fully saturated rings. The van der Waals surface area contributed by atoms with Crippen LogP contribution in [0.15, 0.2) is 22.6 Å². The van der Waals surface area contributed by atoms with Crippen molar-refractivity contribution in [2.75, 3.05) is 0 Å². The van der Waals surface area contributed by atoms with Gasteiger partial charge in [-0.3, -0.25) is 4.79 Å². The molecule has 3 rings (SSSR count). The summed E-state index contributed by atoms with van der Waals surface area (Å²) in [5.41, 5.74) is 3.14. The van der Waals surface area contributed by atoms with Crippen LogP contribution in [0.25, 0.3) is 5.65 Å². The van der Waals surface area contributed by atoms with Crippen LogP contribution < -0.4 is 5.32 Å². The van der Waals surface area contributed by atoms with E-state index >= 15 is 0 Å². The standard InChI is InChI=1S/C16H16N4O4/c1-8-6-9(2)20-14(18-8)13(10(3)19-20)15(21)17-7-11-4-5-12(24-11)16(22)23/h4-6H,7H2,1-3H3,(H,17,21)(H,22,23). The summed E-state index contributed by atoms with van der Waals surface area (Å²) in [4.78, 5) is 27.7. The van der Waals surface area contributed by atoms with Crippen LogP contribution in [0.2, 0.25) is 0 Å². The molecule has 124 valence electrons. The van der Waals surface area contributed by atoms with E-state index in [1.54, 1.807) is 11.4 Å². The van der Waals surface area contributed by atoms with Gasteiger partial charge in [0, 0.05) is 11.4 Å². The maximum atomic E-state index is 12.5. The number of hydrogen-bond donors (Lipinski definition) is 2. The Hall–Kier alpha value is -3.16. The lowest BCUT2D eigenvalue weighted by Gasteiger charge is -2.04. The van der Waals surface area contributed by atoms with E-state index in [-0.39, 0.29) is 18.2 Å². The third kappa shape index (κ3) is 2.73. The van der Waals surface area contributed by atoms with Crippen LogP contribution >= 0.6 is 0 Å². The predicted molar refractivity (Wildman–Crippen MR) is 84.0 cm³/mol. The summed E-state index contributed by atoms with van der Waals surface area (Å²) >= 11 is 0. The lowest BCUT2D eigenvalue weighted by Crippen LogP contribution is -2.23. The smallest absolute Gasteiger partial charge is 0.371 e. The normalized spacial score (nSPS) is 11.0. The second kappa shape index (κ2) is 5.80. The maximum Gasteiger partial charge on any atom is 0.371 e. The van der Waals surface area contributed by atoms with E-state index in [9.17, 15) is 9.59 Å². The number of amides is 1. The number of fused-ring (bicyclic) bond motifs is 1. The van der Waals surface area contributed by atoms with E-state index in [1.807, 2.05) is 19.9 Å². The SMILES string of the molecule is Cc1cc(C)n2nc(C)c(C(=O)NCc3ccc(C(=O)O)o3)c2n1. The average Bonchev–Trinajstić information content (AvgIpc) is 3.09. The Bertz CT molecular complexity index is 955. The van der Waals surface area contributed by atoms with Crippen LogP contribution in [0, 0.1) is 20.8 Å². The van der Waals surface area contributed by atoms with Crippen molar-refractivity contribution in [1.82, 2.24) is 19.9 Å². The minimum atomic E-state index is -1.15. The zero-order valence-corrected chi connectivity index (χ0v) is 13.5. The first-order valence-corrected chi connectivity index (χ1v) is 7.30. The van der Waals surface area contributed by atoms with Crippen molar-refractivity contribution in [1.29, 1.82) is 0 Å². The fourth-order valence-corrected chi connectivity index (χ4v) is 2.54. The van der Waals surface area contributed by atoms with Gasteiger partial charge in [-0.25, -0.2) is 14.3 Å². The Labute approximate surface area is 137 Å². The van der Waals surface area contributed by atoms with Gasteiger partial charge in [-0.15, -0.1) is 0 Å². The first-order chi connectivity index (χ1) is 11.4. The maximum absolute atomic E-state index is 12.5. The lowest BCUT2D eigenvalue weighted by atomic mass is 10.2. The molecular formula is C16H16N4O4. The molecule has 0 aliphatic rings. The number of carbonyl (C=O) groups is 2. The molecule has 0 saturated carbocycles. The number of aromatic carboxylic acids is 1. The fourth-order valence-electron chi connectivity index (χ4n) is 2.54. The van der Waals surface area contributed by atoms with Crippen molar-refractivity contribution in [3.63, 3.8) is 0 Å². The Morgan fingerprint density at radius 2 is 2.04 bits per heavy atom. The van der Waals surface area contributed by atoms with Gasteiger partial charge in [-0.05, 0) is 39.0 Å². The highest BCUT2D eigenvalue weighted by Gasteiger charge is 2.20. The largest absolute Gasteiger partial charge is 0.475 e. The second-order valence-corrected chi connectivity index (χ2v) is 5.49. The van der Waals surface area contributed by atoms with Crippen LogP contribution in [0.3, 0.4) is 0 Å². The van der Waals surface area contributed by atoms with E-state index in [4.69, 9.17) is 9.52 Å². The lowest BCUT2D eigenvalue weighted by molar-refractivity contribution is 0.0660. The molecule has 8 nitrogen and oxygen atoms in total. The summed E-state index contributed by atoms with van der Waals surface area (Å²) in [5, 5.41) is 15.9. The molecule has 0 bridgehead atoms. The van der Waals surface area contributed by atoms with E-state index in [0.717, 1.165) is 11.4 Å². The summed E-state index contributed by atoms with van der Waals surface area (Å²) in [6.45, 7) is 5.57. The Balaban J connectivity index is 1.86. The molecule has 0 aromatic carbocycles. The van der Waals surface area contributed by atoms with Gasteiger partial charge in [0.15, 0.2) is 5.65 Å². The minimum absolute atomic E-state index is 0.0771. The van der Waals surface area contributed by atoms with Crippen LogP contribution in [0.5, 0.6) is 0 Å². The fraction of sp³-hybridized carbons (Fsp3) is 0.250. The first kappa shape index (κ1) is 15.7. The molecule has 0 atom stereocenters. The van der Waals surface area contributed by atoms with Crippen molar-refractivity contribution in [2.24, 2.45) is 0 Å². The summed E-state index contributed by atoms with van der Waals surface area (Å²) in [6, 6.07) is 4.75. The van der Waals surface area contributed by atoms with Gasteiger partial charge in [-0.2, -0.15) is 5.10 Å². The molecule has 3 heterocycles. The summed E-state index contributed by atoms with van der Waals surface area (Å²) < 4.78 is 6.75. The molecule has 3 aromatic heterocycles. The van der Waals surface area contributed by atoms with Gasteiger partial charge >= 0.3 is 5.97 Å². The van der Waals surface area contributed by atoms with Crippen LogP contribution in [-0.2, 0) is 6.54 Å². The van der Waals surface area contributed by atoms with Crippen LogP contribution in [0.4, 0.5) is 0 Å². The highest BCUT2D eigenvalue weighted by Crippen LogP contribution is 2.16. The first-order valence-electron chi connectivity index (χ1n) is 7.30. The van der Waals surface area contributed by atoms with Crippen LogP contribution in [-0.4, -0.2) is 31.6 Å². The molecule has 2 N–H and O–H groups in total. The van der Waals surface area contributed by atoms with Gasteiger partial charge in [0.2, 0.25) is 5.76 Å². The molecule has 0 radical (unpaired) electrons. The number of aromatic nitrogens is 3. The molecule has 0 spiro atoms. The number of carbonyl (C=O) groups excluding carboxylic acids is 1. The molecule has 0 aliphatic heterocycles. The van der Waals surface area contributed by atoms with E-state index in [0.29, 0.717) is 22.7 Å². The number of nitrogens with zero attached hydrogens (tertiary/aromatic N) is 3. The monoisotopic (exact) mass is 328 g/mol. The number of rotatable bonds is 4. The van der Waals surface area contributed by atoms with E-state index in [2.05, 4.69) is 15.4 Å². The molecule has 0 unspecified atom stereocenters. The van der Waals surface area contributed by atoms with E-state index in [1.165, 1.54) is 12.1 Å². The average molecular weight is 328 g/mol. The number of hydrogen-bond acceptors (Lipinski definition) is 5. The topological polar surface area (TPSA) is 110 Å². The molecular weight excluding hydrogens is 312 g/mol. The highest BCUT2D eigenvalue weighted by atomic mass is 16.4. The Kier molecular flexibility index (Phi) is 3.80. The number of carboxylic acid groups (broad SMARTS) is 1. The minimum Gasteiger partial charge on any atom is -0.475 e. The van der Waals surface area contributed by atoms with Crippen molar-refractivity contribution in [3.05, 3.63) is 52.4 Å². The van der Waals surface area contributed by atoms with Gasteiger partial charge in [0.25, 0.3) is 5.91 Å². The number of carboxylic acids is 1.